The lowest BCUT2D eigenvalue weighted by Gasteiger charge is -2.25. The minimum absolute atomic E-state index is 0.0293. The highest BCUT2D eigenvalue weighted by Crippen LogP contribution is 2.31. The zero-order chi connectivity index (χ0) is 16.0. The number of nitrogens with zero attached hydrogens (tertiary/aromatic N) is 1. The fourth-order valence-corrected chi connectivity index (χ4v) is 1.88. The molecule has 6 nitrogen and oxygen atoms in total. The van der Waals surface area contributed by atoms with Crippen molar-refractivity contribution in [3.05, 3.63) is 28.3 Å². The molecule has 0 aliphatic rings. The molecule has 0 atom stereocenters. The maximum Gasteiger partial charge on any atom is 0.311 e. The van der Waals surface area contributed by atoms with Crippen LogP contribution < -0.4 is 10.1 Å². The lowest BCUT2D eigenvalue weighted by Crippen LogP contribution is -2.33. The number of rotatable bonds is 8. The summed E-state index contributed by atoms with van der Waals surface area (Å²) in [6.07, 6.45) is -0.126. The van der Waals surface area contributed by atoms with Crippen molar-refractivity contribution in [3.63, 3.8) is 0 Å². The molecule has 1 aromatic rings. The summed E-state index contributed by atoms with van der Waals surface area (Å²) in [6, 6.07) is 4.78. The number of ether oxygens (including phenoxy) is 2. The van der Waals surface area contributed by atoms with E-state index in [1.807, 2.05) is 34.6 Å². The first kappa shape index (κ1) is 17.2. The summed E-state index contributed by atoms with van der Waals surface area (Å²) in [5, 5.41) is 14.2. The molecule has 6 heteroatoms. The van der Waals surface area contributed by atoms with Crippen molar-refractivity contribution in [2.75, 3.05) is 18.5 Å². The Labute approximate surface area is 125 Å². The molecule has 0 aromatic heterocycles. The normalized spacial score (nSPS) is 11.5. The molecule has 0 bridgehead atoms. The molecular weight excluding hydrogens is 272 g/mol. The van der Waals surface area contributed by atoms with Crippen LogP contribution >= 0.6 is 0 Å². The predicted octanol–water partition coefficient (Wildman–Crippen LogP) is 3.61. The van der Waals surface area contributed by atoms with Gasteiger partial charge in [-0.15, -0.1) is 0 Å². The van der Waals surface area contributed by atoms with Gasteiger partial charge in [0, 0.05) is 31.0 Å². The highest BCUT2D eigenvalue weighted by atomic mass is 16.6. The Balaban J connectivity index is 2.87. The smallest absolute Gasteiger partial charge is 0.311 e. The average molecular weight is 296 g/mol. The first-order valence-corrected chi connectivity index (χ1v) is 7.08. The predicted molar refractivity (Wildman–Crippen MR) is 83.1 cm³/mol. The van der Waals surface area contributed by atoms with Crippen LogP contribution in [0.15, 0.2) is 18.2 Å². The fourth-order valence-electron chi connectivity index (χ4n) is 1.88. The summed E-state index contributed by atoms with van der Waals surface area (Å²) in [5.74, 6) is 0.272. The van der Waals surface area contributed by atoms with Gasteiger partial charge in [-0.05, 0) is 40.7 Å². The minimum Gasteiger partial charge on any atom is -0.484 e. The molecule has 0 fully saturated rings. The number of hydrogen-bond donors (Lipinski definition) is 1. The zero-order valence-corrected chi connectivity index (χ0v) is 13.3. The highest BCUT2D eigenvalue weighted by Gasteiger charge is 2.19. The highest BCUT2D eigenvalue weighted by molar-refractivity contribution is 5.58. The topological polar surface area (TPSA) is 73.6 Å². The summed E-state index contributed by atoms with van der Waals surface area (Å²) >= 11 is 0. The molecule has 0 saturated heterocycles. The maximum absolute atomic E-state index is 11.0. The van der Waals surface area contributed by atoms with Crippen LogP contribution in [0.3, 0.4) is 0 Å². The van der Waals surface area contributed by atoms with Crippen molar-refractivity contribution >= 4 is 11.4 Å². The molecule has 0 spiro atoms. The van der Waals surface area contributed by atoms with E-state index in [1.54, 1.807) is 12.1 Å². The standard InChI is InChI=1S/C15H24N2O4/c1-6-20-15(4,5)10-16-12-7-8-13(17(18)19)14(9-12)21-11(2)3/h7-9,11,16H,6,10H2,1-5H3. The van der Waals surface area contributed by atoms with Crippen LogP contribution in [0.2, 0.25) is 0 Å². The van der Waals surface area contributed by atoms with E-state index in [4.69, 9.17) is 9.47 Å². The van der Waals surface area contributed by atoms with Crippen molar-refractivity contribution in [1.29, 1.82) is 0 Å². The maximum atomic E-state index is 11.0. The molecule has 0 heterocycles. The van der Waals surface area contributed by atoms with Crippen LogP contribution in [-0.2, 0) is 4.74 Å². The lowest BCUT2D eigenvalue weighted by molar-refractivity contribution is -0.386. The van der Waals surface area contributed by atoms with E-state index in [9.17, 15) is 10.1 Å². The van der Waals surface area contributed by atoms with Gasteiger partial charge in [0.25, 0.3) is 0 Å². The Morgan fingerprint density at radius 2 is 2.05 bits per heavy atom. The molecule has 1 rings (SSSR count). The van der Waals surface area contributed by atoms with Gasteiger partial charge in [-0.2, -0.15) is 0 Å². The third-order valence-electron chi connectivity index (χ3n) is 2.77. The Hall–Kier alpha value is -1.82. The van der Waals surface area contributed by atoms with Crippen LogP contribution in [0, 0.1) is 10.1 Å². The average Bonchev–Trinajstić information content (AvgIpc) is 2.35. The first-order chi connectivity index (χ1) is 9.75. The largest absolute Gasteiger partial charge is 0.484 e. The molecule has 0 unspecified atom stereocenters. The van der Waals surface area contributed by atoms with Crippen molar-refractivity contribution in [2.45, 2.75) is 46.3 Å². The van der Waals surface area contributed by atoms with E-state index in [2.05, 4.69) is 5.32 Å². The van der Waals surface area contributed by atoms with Crippen LogP contribution in [0.25, 0.3) is 0 Å². The molecule has 1 N–H and O–H groups in total. The SMILES string of the molecule is CCOC(C)(C)CNc1ccc([N+](=O)[O-])c(OC(C)C)c1. The number of nitro benzene ring substituents is 1. The summed E-state index contributed by atoms with van der Waals surface area (Å²) < 4.78 is 11.1. The van der Waals surface area contributed by atoms with E-state index >= 15 is 0 Å². The Bertz CT molecular complexity index is 487. The van der Waals surface area contributed by atoms with Crippen molar-refractivity contribution in [1.82, 2.24) is 0 Å². The second kappa shape index (κ2) is 7.26. The quantitative estimate of drug-likeness (QED) is 0.586. The second-order valence-corrected chi connectivity index (χ2v) is 5.65. The molecule has 0 aliphatic carbocycles. The van der Waals surface area contributed by atoms with E-state index in [0.29, 0.717) is 13.2 Å². The Morgan fingerprint density at radius 1 is 1.38 bits per heavy atom. The minimum atomic E-state index is -0.439. The molecule has 0 radical (unpaired) electrons. The van der Waals surface area contributed by atoms with Gasteiger partial charge < -0.3 is 14.8 Å². The number of benzene rings is 1. The number of hydrogen-bond acceptors (Lipinski definition) is 5. The first-order valence-electron chi connectivity index (χ1n) is 7.08. The molecule has 0 aliphatic heterocycles. The van der Waals surface area contributed by atoms with E-state index in [-0.39, 0.29) is 23.1 Å². The van der Waals surface area contributed by atoms with E-state index in [0.717, 1.165) is 5.69 Å². The van der Waals surface area contributed by atoms with Gasteiger partial charge in [-0.3, -0.25) is 10.1 Å². The Morgan fingerprint density at radius 3 is 2.57 bits per heavy atom. The Kier molecular flexibility index (Phi) is 5.96. The molecule has 118 valence electrons. The fraction of sp³-hybridized carbons (Fsp3) is 0.600. The molecule has 0 amide bonds. The van der Waals surface area contributed by atoms with Crippen LogP contribution in [0.4, 0.5) is 11.4 Å². The third-order valence-corrected chi connectivity index (χ3v) is 2.77. The van der Waals surface area contributed by atoms with Crippen LogP contribution in [-0.4, -0.2) is 29.8 Å². The molecule has 0 saturated carbocycles. The lowest BCUT2D eigenvalue weighted by atomic mass is 10.1. The van der Waals surface area contributed by atoms with Crippen LogP contribution in [0.5, 0.6) is 5.75 Å². The van der Waals surface area contributed by atoms with Gasteiger partial charge >= 0.3 is 5.69 Å². The van der Waals surface area contributed by atoms with E-state index in [1.165, 1.54) is 6.07 Å². The summed E-state index contributed by atoms with van der Waals surface area (Å²) in [5.41, 5.74) is 0.428. The number of nitro groups is 1. The van der Waals surface area contributed by atoms with Crippen LogP contribution in [0.1, 0.15) is 34.6 Å². The summed E-state index contributed by atoms with van der Waals surface area (Å²) in [4.78, 5) is 10.6. The van der Waals surface area contributed by atoms with Gasteiger partial charge in [-0.1, -0.05) is 0 Å². The molecule has 21 heavy (non-hydrogen) atoms. The van der Waals surface area contributed by atoms with Gasteiger partial charge in [0.15, 0.2) is 5.75 Å². The molecule has 1 aromatic carbocycles. The summed E-state index contributed by atoms with van der Waals surface area (Å²) in [7, 11) is 0. The van der Waals surface area contributed by atoms with Crippen molar-refractivity contribution < 1.29 is 14.4 Å². The zero-order valence-electron chi connectivity index (χ0n) is 13.3. The number of nitrogens with one attached hydrogen (secondary N) is 1. The van der Waals surface area contributed by atoms with Gasteiger partial charge in [0.2, 0.25) is 0 Å². The van der Waals surface area contributed by atoms with E-state index < -0.39 is 4.92 Å². The van der Waals surface area contributed by atoms with Gasteiger partial charge in [-0.25, -0.2) is 0 Å². The van der Waals surface area contributed by atoms with Crippen molar-refractivity contribution in [2.24, 2.45) is 0 Å². The van der Waals surface area contributed by atoms with Gasteiger partial charge in [0.05, 0.1) is 16.6 Å². The van der Waals surface area contributed by atoms with Crippen molar-refractivity contribution in [3.8, 4) is 5.75 Å². The monoisotopic (exact) mass is 296 g/mol. The molecular formula is C15H24N2O4. The second-order valence-electron chi connectivity index (χ2n) is 5.65. The number of anilines is 1. The summed E-state index contributed by atoms with van der Waals surface area (Å²) in [6.45, 7) is 10.8. The van der Waals surface area contributed by atoms with Gasteiger partial charge in [0.1, 0.15) is 0 Å². The third kappa shape index (κ3) is 5.59.